The summed E-state index contributed by atoms with van der Waals surface area (Å²) >= 11 is 0. The van der Waals surface area contributed by atoms with Crippen molar-refractivity contribution in [2.24, 2.45) is 0 Å². The van der Waals surface area contributed by atoms with E-state index in [1.807, 2.05) is 32.2 Å². The number of rotatable bonds is 5. The third-order valence-electron chi connectivity index (χ3n) is 5.22. The molecule has 0 amide bonds. The largest absolute Gasteiger partial charge is 0.484 e. The number of H-pyrrole nitrogens is 1. The Balaban J connectivity index is 1.44. The van der Waals surface area contributed by atoms with Crippen LogP contribution < -0.4 is 15.4 Å². The summed E-state index contributed by atoms with van der Waals surface area (Å²) in [7, 11) is 0. The summed E-state index contributed by atoms with van der Waals surface area (Å²) in [5.74, 6) is 1.69. The van der Waals surface area contributed by atoms with Crippen molar-refractivity contribution in [1.29, 1.82) is 0 Å². The van der Waals surface area contributed by atoms with Crippen LogP contribution in [0.5, 0.6) is 5.75 Å². The average Bonchev–Trinajstić information content (AvgIpc) is 3.16. The van der Waals surface area contributed by atoms with Gasteiger partial charge in [0.1, 0.15) is 12.4 Å². The summed E-state index contributed by atoms with van der Waals surface area (Å²) in [4.78, 5) is 16.4. The van der Waals surface area contributed by atoms with E-state index >= 15 is 0 Å². The number of para-hydroxylation sites is 1. The lowest BCUT2D eigenvalue weighted by atomic mass is 10.1. The molecule has 0 radical (unpaired) electrons. The first-order valence-electron chi connectivity index (χ1n) is 10.2. The lowest BCUT2D eigenvalue weighted by Gasteiger charge is -2.33. The number of anilines is 2. The second kappa shape index (κ2) is 7.54. The van der Waals surface area contributed by atoms with Gasteiger partial charge < -0.3 is 20.4 Å². The molecule has 7 nitrogen and oxygen atoms in total. The van der Waals surface area contributed by atoms with E-state index in [-0.39, 0.29) is 5.54 Å². The molecule has 0 bridgehead atoms. The third-order valence-corrected chi connectivity index (χ3v) is 5.22. The van der Waals surface area contributed by atoms with Gasteiger partial charge in [0.25, 0.3) is 0 Å². The molecule has 0 atom stereocenters. The minimum Gasteiger partial charge on any atom is -0.484 e. The van der Waals surface area contributed by atoms with Crippen LogP contribution in [0.4, 0.5) is 16.0 Å². The van der Waals surface area contributed by atoms with Crippen molar-refractivity contribution in [3.05, 3.63) is 60.3 Å². The van der Waals surface area contributed by atoms with Crippen molar-refractivity contribution in [3.63, 3.8) is 0 Å². The van der Waals surface area contributed by atoms with Gasteiger partial charge in [0.05, 0.1) is 11.7 Å². The topological polar surface area (TPSA) is 87.8 Å². The number of fused-ring (bicyclic) bond motifs is 2. The molecule has 4 aromatic rings. The number of hydrogen-bond acceptors (Lipinski definition) is 6. The molecule has 158 valence electrons. The highest BCUT2D eigenvalue weighted by Gasteiger charge is 2.30. The van der Waals surface area contributed by atoms with Crippen LogP contribution in [0.2, 0.25) is 0 Å². The van der Waals surface area contributed by atoms with Crippen molar-refractivity contribution in [1.82, 2.24) is 19.9 Å². The van der Waals surface area contributed by atoms with Gasteiger partial charge in [-0.05, 0) is 38.0 Å². The van der Waals surface area contributed by atoms with Gasteiger partial charge in [-0.25, -0.2) is 14.4 Å². The Morgan fingerprint density at radius 3 is 2.94 bits per heavy atom. The maximum Gasteiger partial charge on any atom is 0.204 e. The predicted octanol–water partition coefficient (Wildman–Crippen LogP) is 4.40. The number of pyridine rings is 1. The molecule has 0 aliphatic carbocycles. The zero-order valence-corrected chi connectivity index (χ0v) is 17.4. The van der Waals surface area contributed by atoms with Crippen molar-refractivity contribution < 1.29 is 9.13 Å². The number of nitrogens with one attached hydrogen (secondary N) is 3. The molecular weight excluding hydrogens is 395 g/mol. The second-order valence-electron chi connectivity index (χ2n) is 8.30. The number of halogens is 1. The highest BCUT2D eigenvalue weighted by atomic mass is 19.1. The fourth-order valence-corrected chi connectivity index (χ4v) is 3.72. The molecule has 4 heterocycles. The molecule has 1 aliphatic heterocycles. The molecule has 0 spiro atoms. The van der Waals surface area contributed by atoms with E-state index in [9.17, 15) is 4.39 Å². The van der Waals surface area contributed by atoms with E-state index in [0.29, 0.717) is 41.9 Å². The summed E-state index contributed by atoms with van der Waals surface area (Å²) < 4.78 is 19.7. The van der Waals surface area contributed by atoms with Gasteiger partial charge >= 0.3 is 0 Å². The molecule has 1 aliphatic rings. The second-order valence-corrected chi connectivity index (χ2v) is 8.30. The quantitative estimate of drug-likeness (QED) is 0.445. The van der Waals surface area contributed by atoms with Crippen LogP contribution >= 0.6 is 0 Å². The fourth-order valence-electron chi connectivity index (χ4n) is 3.72. The maximum atomic E-state index is 13.7. The van der Waals surface area contributed by atoms with E-state index in [0.717, 1.165) is 18.1 Å². The van der Waals surface area contributed by atoms with Crippen LogP contribution in [0, 0.1) is 5.82 Å². The Labute approximate surface area is 179 Å². The minimum absolute atomic E-state index is 0.278. The fraction of sp³-hybridized carbons (Fsp3) is 0.261. The van der Waals surface area contributed by atoms with Crippen LogP contribution in [-0.2, 0) is 6.42 Å². The van der Waals surface area contributed by atoms with Crippen molar-refractivity contribution in [2.45, 2.75) is 25.8 Å². The van der Waals surface area contributed by atoms with Gasteiger partial charge in [0, 0.05) is 35.4 Å². The molecule has 0 saturated carbocycles. The van der Waals surface area contributed by atoms with Crippen LogP contribution in [0.15, 0.2) is 48.9 Å². The molecule has 0 fully saturated rings. The van der Waals surface area contributed by atoms with E-state index in [2.05, 4.69) is 42.7 Å². The standard InChI is InChI=1S/C23H23FN6O/c1-23(2)13-31-19-21(26-8-7-14-11-27-18-6-4-3-5-17(14)18)28-20(29-22(19)30-23)15-9-16(24)12-25-10-15/h3-6,9-12,27H,7-8,13H2,1-2H3,(H2,26,28,29,30). The molecule has 5 rings (SSSR count). The summed E-state index contributed by atoms with van der Waals surface area (Å²) in [5, 5.41) is 7.99. The van der Waals surface area contributed by atoms with E-state index in [1.54, 1.807) is 6.20 Å². The predicted molar refractivity (Wildman–Crippen MR) is 119 cm³/mol. The van der Waals surface area contributed by atoms with Crippen LogP contribution in [0.1, 0.15) is 19.4 Å². The third kappa shape index (κ3) is 3.88. The number of hydrogen-bond donors (Lipinski definition) is 3. The summed E-state index contributed by atoms with van der Waals surface area (Å²) in [6, 6.07) is 9.60. The van der Waals surface area contributed by atoms with Gasteiger partial charge in [0.2, 0.25) is 5.75 Å². The first kappa shape index (κ1) is 19.3. The van der Waals surface area contributed by atoms with Crippen LogP contribution in [0.3, 0.4) is 0 Å². The van der Waals surface area contributed by atoms with Crippen molar-refractivity contribution >= 4 is 22.5 Å². The molecule has 1 aromatic carbocycles. The zero-order valence-electron chi connectivity index (χ0n) is 17.4. The maximum absolute atomic E-state index is 13.7. The molecule has 0 unspecified atom stereocenters. The lowest BCUT2D eigenvalue weighted by molar-refractivity contribution is 0.240. The van der Waals surface area contributed by atoms with Crippen LogP contribution in [-0.4, -0.2) is 38.6 Å². The molecule has 31 heavy (non-hydrogen) atoms. The van der Waals surface area contributed by atoms with E-state index in [4.69, 9.17) is 4.74 Å². The number of benzene rings is 1. The normalized spacial score (nSPS) is 14.5. The Bertz CT molecular complexity index is 1250. The number of aromatic nitrogens is 4. The Morgan fingerprint density at radius 2 is 2.06 bits per heavy atom. The van der Waals surface area contributed by atoms with Gasteiger partial charge in [-0.2, -0.15) is 0 Å². The Morgan fingerprint density at radius 1 is 1.19 bits per heavy atom. The van der Waals surface area contributed by atoms with Gasteiger partial charge in [-0.3, -0.25) is 4.98 Å². The summed E-state index contributed by atoms with van der Waals surface area (Å²) in [5.41, 5.74) is 2.57. The average molecular weight is 418 g/mol. The monoisotopic (exact) mass is 418 g/mol. The SMILES string of the molecule is CC1(C)COc2c(NCCc3c[nH]c4ccccc34)nc(-c3cncc(F)c3)nc2N1. The smallest absolute Gasteiger partial charge is 0.204 e. The van der Waals surface area contributed by atoms with Gasteiger partial charge in [-0.15, -0.1) is 0 Å². The first-order valence-corrected chi connectivity index (χ1v) is 10.2. The Hall–Kier alpha value is -3.68. The van der Waals surface area contributed by atoms with Crippen molar-refractivity contribution in [2.75, 3.05) is 23.8 Å². The molecular formula is C23H23FN6O. The van der Waals surface area contributed by atoms with Crippen LogP contribution in [0.25, 0.3) is 22.3 Å². The molecule has 3 N–H and O–H groups in total. The number of nitrogens with zero attached hydrogens (tertiary/aromatic N) is 3. The molecule has 3 aromatic heterocycles. The lowest BCUT2D eigenvalue weighted by Crippen LogP contribution is -2.41. The Kier molecular flexibility index (Phi) is 4.69. The first-order chi connectivity index (χ1) is 15.0. The molecule has 8 heteroatoms. The van der Waals surface area contributed by atoms with E-state index in [1.165, 1.54) is 17.0 Å². The zero-order chi connectivity index (χ0) is 21.4. The summed E-state index contributed by atoms with van der Waals surface area (Å²) in [6.45, 7) is 5.21. The van der Waals surface area contributed by atoms with Crippen molar-refractivity contribution in [3.8, 4) is 17.1 Å². The number of aromatic amines is 1. The molecule has 0 saturated heterocycles. The van der Waals surface area contributed by atoms with Gasteiger partial charge in [0.15, 0.2) is 17.5 Å². The minimum atomic E-state index is -0.433. The van der Waals surface area contributed by atoms with Gasteiger partial charge in [-0.1, -0.05) is 18.2 Å². The highest BCUT2D eigenvalue weighted by molar-refractivity contribution is 5.83. The summed E-state index contributed by atoms with van der Waals surface area (Å²) in [6.07, 6.45) is 5.55. The highest BCUT2D eigenvalue weighted by Crippen LogP contribution is 2.38. The van der Waals surface area contributed by atoms with E-state index < -0.39 is 5.82 Å². The number of ether oxygens (including phenoxy) is 1.